The molecule has 45 heavy (non-hydrogen) atoms. The van der Waals surface area contributed by atoms with Gasteiger partial charge < -0.3 is 14.2 Å². The monoisotopic (exact) mass is 643 g/mol. The second kappa shape index (κ2) is 14.4. The highest BCUT2D eigenvalue weighted by Gasteiger charge is 2.59. The first-order valence-corrected chi connectivity index (χ1v) is 23.0. The number of ether oxygens (including phenoxy) is 3. The predicted octanol–water partition coefficient (Wildman–Crippen LogP) is 10.7. The number of hydrogen-bond donors (Lipinski definition) is 0. The van der Waals surface area contributed by atoms with Crippen molar-refractivity contribution < 1.29 is 19.0 Å². The van der Waals surface area contributed by atoms with Crippen molar-refractivity contribution in [2.24, 2.45) is 58.2 Å². The number of allylic oxidation sites excluding steroid dienone is 1. The third kappa shape index (κ3) is 7.98. The molecule has 0 spiro atoms. The summed E-state index contributed by atoms with van der Waals surface area (Å²) in [5, 5.41) is 0. The SMILES string of the molecule is CC(C)[C@@H]1C[C@@H](C)CC[C@@H]1OC(=O)CC[C@@H](C)[C@H]1CC[C@H]2[C@@H]3CC=C4C[C@@H](OCOCC[Si](C)(C)C)CC[C@]4(C)[C@H]3CC[C@]12C. The van der Waals surface area contributed by atoms with Gasteiger partial charge in [0.2, 0.25) is 0 Å². The van der Waals surface area contributed by atoms with Crippen LogP contribution in [0.5, 0.6) is 0 Å². The molecule has 5 heteroatoms. The topological polar surface area (TPSA) is 44.8 Å². The minimum Gasteiger partial charge on any atom is -0.462 e. The molecule has 0 aliphatic heterocycles. The molecule has 5 aliphatic rings. The molecule has 0 saturated heterocycles. The Hall–Kier alpha value is -0.653. The maximum Gasteiger partial charge on any atom is 0.306 e. The molecule has 11 atom stereocenters. The summed E-state index contributed by atoms with van der Waals surface area (Å²) in [5.41, 5.74) is 2.46. The van der Waals surface area contributed by atoms with E-state index in [0.29, 0.717) is 47.9 Å². The molecule has 5 rings (SSSR count). The Morgan fingerprint density at radius 1 is 1.00 bits per heavy atom. The van der Waals surface area contributed by atoms with Crippen molar-refractivity contribution in [3.05, 3.63) is 11.6 Å². The van der Waals surface area contributed by atoms with Crippen molar-refractivity contribution in [3.63, 3.8) is 0 Å². The number of rotatable bonds is 12. The van der Waals surface area contributed by atoms with Gasteiger partial charge >= 0.3 is 5.97 Å². The number of esters is 1. The smallest absolute Gasteiger partial charge is 0.306 e. The van der Waals surface area contributed by atoms with Crippen LogP contribution in [0.1, 0.15) is 125 Å². The van der Waals surface area contributed by atoms with Crippen LogP contribution >= 0.6 is 0 Å². The van der Waals surface area contributed by atoms with Crippen LogP contribution in [-0.4, -0.2) is 39.7 Å². The molecule has 0 amide bonds. The van der Waals surface area contributed by atoms with Crippen molar-refractivity contribution in [1.82, 2.24) is 0 Å². The van der Waals surface area contributed by atoms with E-state index in [9.17, 15) is 4.79 Å². The second-order valence-electron chi connectivity index (χ2n) is 18.7. The fourth-order valence-corrected chi connectivity index (χ4v) is 12.1. The van der Waals surface area contributed by atoms with Crippen molar-refractivity contribution in [2.75, 3.05) is 13.4 Å². The van der Waals surface area contributed by atoms with Gasteiger partial charge in [0, 0.05) is 21.1 Å². The van der Waals surface area contributed by atoms with E-state index in [2.05, 4.69) is 67.3 Å². The van der Waals surface area contributed by atoms with Gasteiger partial charge in [0.25, 0.3) is 0 Å². The molecule has 0 bridgehead atoms. The second-order valence-corrected chi connectivity index (χ2v) is 24.3. The van der Waals surface area contributed by atoms with E-state index in [0.717, 1.165) is 55.5 Å². The average Bonchev–Trinajstić information content (AvgIpc) is 3.33. The molecular weight excluding hydrogens is 573 g/mol. The van der Waals surface area contributed by atoms with Gasteiger partial charge in [0.15, 0.2) is 0 Å². The van der Waals surface area contributed by atoms with Crippen molar-refractivity contribution >= 4 is 14.0 Å². The Balaban J connectivity index is 1.13. The van der Waals surface area contributed by atoms with E-state index in [1.807, 2.05) is 0 Å². The van der Waals surface area contributed by atoms with E-state index in [1.54, 1.807) is 5.57 Å². The van der Waals surface area contributed by atoms with E-state index in [-0.39, 0.29) is 12.1 Å². The Kier molecular flexibility index (Phi) is 11.4. The molecule has 0 N–H and O–H groups in total. The zero-order valence-corrected chi connectivity index (χ0v) is 31.8. The van der Waals surface area contributed by atoms with E-state index < -0.39 is 8.07 Å². The fraction of sp³-hybridized carbons (Fsp3) is 0.925. The molecule has 0 radical (unpaired) electrons. The first kappa shape index (κ1) is 35.6. The Morgan fingerprint density at radius 2 is 1.78 bits per heavy atom. The third-order valence-electron chi connectivity index (χ3n) is 14.2. The maximum absolute atomic E-state index is 13.1. The summed E-state index contributed by atoms with van der Waals surface area (Å²) in [6.45, 7) is 23.2. The van der Waals surface area contributed by atoms with E-state index >= 15 is 0 Å². The minimum absolute atomic E-state index is 0.0612. The van der Waals surface area contributed by atoms with Crippen LogP contribution in [0.4, 0.5) is 0 Å². The van der Waals surface area contributed by atoms with Crippen LogP contribution in [0.2, 0.25) is 25.7 Å². The Bertz CT molecular complexity index is 1030. The summed E-state index contributed by atoms with van der Waals surface area (Å²) < 4.78 is 18.4. The number of carbonyl (C=O) groups is 1. The van der Waals surface area contributed by atoms with Gasteiger partial charge in [0.1, 0.15) is 12.9 Å². The summed E-state index contributed by atoms with van der Waals surface area (Å²) in [6.07, 6.45) is 18.4. The zero-order valence-electron chi connectivity index (χ0n) is 30.8. The van der Waals surface area contributed by atoms with Crippen molar-refractivity contribution in [1.29, 1.82) is 0 Å². The van der Waals surface area contributed by atoms with Crippen LogP contribution in [0, 0.1) is 58.2 Å². The molecule has 4 nitrogen and oxygen atoms in total. The lowest BCUT2D eigenvalue weighted by Crippen LogP contribution is -2.51. The Labute approximate surface area is 278 Å². The normalized spacial score (nSPS) is 40.7. The molecule has 0 unspecified atom stereocenters. The zero-order chi connectivity index (χ0) is 32.6. The van der Waals surface area contributed by atoms with Gasteiger partial charge in [-0.2, -0.15) is 0 Å². The van der Waals surface area contributed by atoms with E-state index in [1.165, 1.54) is 63.8 Å². The molecule has 0 heterocycles. The third-order valence-corrected chi connectivity index (χ3v) is 15.9. The standard InChI is InChI=1S/C40H70O4Si/c1-27(2)33-24-28(3)10-16-37(33)44-38(41)17-11-29(4)34-14-15-35-32-13-12-30-25-31(43-26-42-22-23-45(7,8)9)18-20-39(30,5)36(32)19-21-40(34,35)6/h12,27-29,31-37H,10-11,13-26H2,1-9H3/t28-,29+,31-,32-,33-,34+,35-,36-,37-,39-,40+/m0/s1. The molecule has 0 aromatic rings. The van der Waals surface area contributed by atoms with Gasteiger partial charge in [-0.1, -0.05) is 72.8 Å². The summed E-state index contributed by atoms with van der Waals surface area (Å²) >= 11 is 0. The number of carbonyl (C=O) groups excluding carboxylic acids is 1. The molecular formula is C40H70O4Si. The molecule has 258 valence electrons. The molecule has 5 aliphatic carbocycles. The van der Waals surface area contributed by atoms with Gasteiger partial charge in [-0.15, -0.1) is 0 Å². The minimum atomic E-state index is -1.05. The van der Waals surface area contributed by atoms with Gasteiger partial charge in [-0.05, 0) is 141 Å². The highest BCUT2D eigenvalue weighted by molar-refractivity contribution is 6.76. The maximum atomic E-state index is 13.1. The first-order valence-electron chi connectivity index (χ1n) is 19.3. The quantitative estimate of drug-likeness (QED) is 0.0698. The largest absolute Gasteiger partial charge is 0.462 e. The lowest BCUT2D eigenvalue weighted by Gasteiger charge is -2.58. The van der Waals surface area contributed by atoms with Gasteiger partial charge in [0.05, 0.1) is 6.10 Å². The summed E-state index contributed by atoms with van der Waals surface area (Å²) in [4.78, 5) is 13.1. The number of hydrogen-bond acceptors (Lipinski definition) is 4. The average molecular weight is 643 g/mol. The number of fused-ring (bicyclic) bond motifs is 5. The lowest BCUT2D eigenvalue weighted by atomic mass is 9.47. The fourth-order valence-electron chi connectivity index (χ4n) is 11.3. The Morgan fingerprint density at radius 3 is 2.51 bits per heavy atom. The van der Waals surface area contributed by atoms with Gasteiger partial charge in [-0.25, -0.2) is 0 Å². The van der Waals surface area contributed by atoms with Crippen molar-refractivity contribution in [2.45, 2.75) is 163 Å². The van der Waals surface area contributed by atoms with Crippen LogP contribution in [0.15, 0.2) is 11.6 Å². The summed E-state index contributed by atoms with van der Waals surface area (Å²) in [6, 6.07) is 1.21. The van der Waals surface area contributed by atoms with Crippen LogP contribution < -0.4 is 0 Å². The highest BCUT2D eigenvalue weighted by Crippen LogP contribution is 2.67. The first-order chi connectivity index (χ1) is 21.2. The van der Waals surface area contributed by atoms with Crippen molar-refractivity contribution in [3.8, 4) is 0 Å². The highest BCUT2D eigenvalue weighted by atomic mass is 28.3. The van der Waals surface area contributed by atoms with E-state index in [4.69, 9.17) is 14.2 Å². The predicted molar refractivity (Wildman–Crippen MR) is 189 cm³/mol. The molecule has 4 fully saturated rings. The molecule has 0 aromatic carbocycles. The van der Waals surface area contributed by atoms with Crippen LogP contribution in [-0.2, 0) is 19.0 Å². The lowest BCUT2D eigenvalue weighted by molar-refractivity contribution is -0.156. The molecule has 0 aromatic heterocycles. The van der Waals surface area contributed by atoms with Gasteiger partial charge in [-0.3, -0.25) is 4.79 Å². The molecule has 4 saturated carbocycles. The van der Waals surface area contributed by atoms with Crippen LogP contribution in [0.25, 0.3) is 0 Å². The summed E-state index contributed by atoms with van der Waals surface area (Å²) in [7, 11) is -1.05. The van der Waals surface area contributed by atoms with Crippen LogP contribution in [0.3, 0.4) is 0 Å². The summed E-state index contributed by atoms with van der Waals surface area (Å²) in [5.74, 6) is 5.71.